The molecule has 0 unspecified atom stereocenters. The van der Waals surface area contributed by atoms with E-state index in [1.54, 1.807) is 18.2 Å². The highest BCUT2D eigenvalue weighted by Gasteiger charge is 2.26. The van der Waals surface area contributed by atoms with Gasteiger partial charge in [0, 0.05) is 29.8 Å². The smallest absolute Gasteiger partial charge is 0.225 e. The predicted octanol–water partition coefficient (Wildman–Crippen LogP) is 4.01. The summed E-state index contributed by atoms with van der Waals surface area (Å²) in [6.07, 6.45) is 3.42. The van der Waals surface area contributed by atoms with Crippen molar-refractivity contribution >= 4 is 17.5 Å². The van der Waals surface area contributed by atoms with Crippen LogP contribution in [0.2, 0.25) is 0 Å². The van der Waals surface area contributed by atoms with E-state index in [4.69, 9.17) is 0 Å². The fourth-order valence-electron chi connectivity index (χ4n) is 2.24. The van der Waals surface area contributed by atoms with Gasteiger partial charge in [0.05, 0.1) is 5.69 Å². The molecule has 1 aromatic heterocycles. The molecule has 1 aliphatic carbocycles. The summed E-state index contributed by atoms with van der Waals surface area (Å²) in [5.74, 6) is 2.22. The SMILES string of the molecule is CC[C@@H](C)Nc1nc(Nc2cccc(O)c2)cc(C2CC2)n1. The molecule has 0 radical (unpaired) electrons. The second-order valence-electron chi connectivity index (χ2n) is 5.90. The van der Waals surface area contributed by atoms with E-state index in [9.17, 15) is 5.11 Å². The number of hydrogen-bond acceptors (Lipinski definition) is 5. The van der Waals surface area contributed by atoms with Crippen molar-refractivity contribution in [3.8, 4) is 5.75 Å². The minimum atomic E-state index is 0.236. The van der Waals surface area contributed by atoms with Crippen LogP contribution in [0.3, 0.4) is 0 Å². The van der Waals surface area contributed by atoms with Gasteiger partial charge in [0.1, 0.15) is 11.6 Å². The quantitative estimate of drug-likeness (QED) is 0.751. The van der Waals surface area contributed by atoms with Gasteiger partial charge in [0.15, 0.2) is 0 Å². The number of nitrogens with zero attached hydrogens (tertiary/aromatic N) is 2. The molecule has 0 aliphatic heterocycles. The molecule has 1 atom stereocenters. The Kier molecular flexibility index (Phi) is 4.13. The molecule has 1 aliphatic rings. The summed E-state index contributed by atoms with van der Waals surface area (Å²) in [7, 11) is 0. The summed E-state index contributed by atoms with van der Waals surface area (Å²) in [6, 6.07) is 9.38. The molecule has 22 heavy (non-hydrogen) atoms. The third-order valence-electron chi connectivity index (χ3n) is 3.85. The minimum Gasteiger partial charge on any atom is -0.508 e. The van der Waals surface area contributed by atoms with Crippen LogP contribution in [0.1, 0.15) is 44.7 Å². The fraction of sp³-hybridized carbons (Fsp3) is 0.412. The van der Waals surface area contributed by atoms with Crippen molar-refractivity contribution in [3.05, 3.63) is 36.0 Å². The first-order valence-corrected chi connectivity index (χ1v) is 7.85. The Bertz CT molecular complexity index is 655. The average molecular weight is 298 g/mol. The van der Waals surface area contributed by atoms with Gasteiger partial charge in [-0.25, -0.2) is 4.98 Å². The van der Waals surface area contributed by atoms with Crippen LogP contribution >= 0.6 is 0 Å². The van der Waals surface area contributed by atoms with Crippen LogP contribution in [0, 0.1) is 0 Å². The van der Waals surface area contributed by atoms with Crippen LogP contribution in [0.4, 0.5) is 17.5 Å². The number of phenols is 1. The van der Waals surface area contributed by atoms with E-state index >= 15 is 0 Å². The van der Waals surface area contributed by atoms with Gasteiger partial charge in [-0.3, -0.25) is 0 Å². The number of aromatic nitrogens is 2. The van der Waals surface area contributed by atoms with Crippen molar-refractivity contribution in [2.75, 3.05) is 10.6 Å². The van der Waals surface area contributed by atoms with E-state index in [0.29, 0.717) is 17.9 Å². The Balaban J connectivity index is 1.85. The molecule has 116 valence electrons. The number of phenolic OH excluding ortho intramolecular Hbond substituents is 1. The normalized spacial score (nSPS) is 15.4. The van der Waals surface area contributed by atoms with E-state index in [1.165, 1.54) is 12.8 Å². The second-order valence-corrected chi connectivity index (χ2v) is 5.90. The van der Waals surface area contributed by atoms with Gasteiger partial charge in [0.2, 0.25) is 5.95 Å². The number of hydrogen-bond donors (Lipinski definition) is 3. The molecule has 1 fully saturated rings. The molecule has 1 aromatic carbocycles. The average Bonchev–Trinajstić information content (AvgIpc) is 3.31. The van der Waals surface area contributed by atoms with Crippen molar-refractivity contribution in [1.29, 1.82) is 0 Å². The fourth-order valence-corrected chi connectivity index (χ4v) is 2.24. The van der Waals surface area contributed by atoms with Crippen molar-refractivity contribution in [2.24, 2.45) is 0 Å². The third kappa shape index (κ3) is 3.67. The van der Waals surface area contributed by atoms with Crippen LogP contribution in [0.15, 0.2) is 30.3 Å². The predicted molar refractivity (Wildman–Crippen MR) is 88.8 cm³/mol. The van der Waals surface area contributed by atoms with Gasteiger partial charge in [-0.2, -0.15) is 4.98 Å². The van der Waals surface area contributed by atoms with Crippen LogP contribution in [-0.2, 0) is 0 Å². The Labute approximate surface area is 130 Å². The molecular formula is C17H22N4O. The number of aromatic hydroxyl groups is 1. The van der Waals surface area contributed by atoms with E-state index in [1.807, 2.05) is 12.1 Å². The number of rotatable bonds is 6. The highest BCUT2D eigenvalue weighted by molar-refractivity contribution is 5.59. The molecule has 2 aromatic rings. The molecule has 0 saturated heterocycles. The third-order valence-corrected chi connectivity index (χ3v) is 3.85. The summed E-state index contributed by atoms with van der Waals surface area (Å²) >= 11 is 0. The lowest BCUT2D eigenvalue weighted by Crippen LogP contribution is -2.16. The second kappa shape index (κ2) is 6.22. The molecule has 5 nitrogen and oxygen atoms in total. The zero-order chi connectivity index (χ0) is 15.5. The maximum absolute atomic E-state index is 9.56. The highest BCUT2D eigenvalue weighted by Crippen LogP contribution is 2.40. The molecule has 0 spiro atoms. The first-order chi connectivity index (χ1) is 10.6. The molecule has 3 N–H and O–H groups in total. The molecule has 1 saturated carbocycles. The van der Waals surface area contributed by atoms with Crippen molar-refractivity contribution < 1.29 is 5.11 Å². The van der Waals surface area contributed by atoms with Crippen LogP contribution in [0.25, 0.3) is 0 Å². The van der Waals surface area contributed by atoms with Crippen molar-refractivity contribution in [3.63, 3.8) is 0 Å². The van der Waals surface area contributed by atoms with Gasteiger partial charge in [-0.1, -0.05) is 13.0 Å². The van der Waals surface area contributed by atoms with Gasteiger partial charge in [-0.15, -0.1) is 0 Å². The molecule has 5 heteroatoms. The first-order valence-electron chi connectivity index (χ1n) is 7.85. The topological polar surface area (TPSA) is 70.1 Å². The van der Waals surface area contributed by atoms with Gasteiger partial charge in [-0.05, 0) is 38.3 Å². The summed E-state index contributed by atoms with van der Waals surface area (Å²) in [5, 5.41) is 16.2. The van der Waals surface area contributed by atoms with Crippen LogP contribution in [-0.4, -0.2) is 21.1 Å². The molecule has 3 rings (SSSR count). The monoisotopic (exact) mass is 298 g/mol. The maximum atomic E-state index is 9.56. The zero-order valence-corrected chi connectivity index (χ0v) is 13.0. The molecule has 0 amide bonds. The molecule has 1 heterocycles. The summed E-state index contributed by atoms with van der Waals surface area (Å²) in [6.45, 7) is 4.25. The summed E-state index contributed by atoms with van der Waals surface area (Å²) in [5.41, 5.74) is 1.90. The van der Waals surface area contributed by atoms with E-state index < -0.39 is 0 Å². The zero-order valence-electron chi connectivity index (χ0n) is 13.0. The van der Waals surface area contributed by atoms with Crippen molar-refractivity contribution in [2.45, 2.75) is 45.1 Å². The number of nitrogens with one attached hydrogen (secondary N) is 2. The molecule has 0 bridgehead atoms. The lowest BCUT2D eigenvalue weighted by atomic mass is 10.2. The lowest BCUT2D eigenvalue weighted by Gasteiger charge is -2.14. The summed E-state index contributed by atoms with van der Waals surface area (Å²) in [4.78, 5) is 9.17. The Morgan fingerprint density at radius 2 is 2.09 bits per heavy atom. The van der Waals surface area contributed by atoms with Gasteiger partial charge < -0.3 is 15.7 Å². The first kappa shape index (κ1) is 14.6. The number of benzene rings is 1. The minimum absolute atomic E-state index is 0.236. The van der Waals surface area contributed by atoms with Gasteiger partial charge in [0.25, 0.3) is 0 Å². The van der Waals surface area contributed by atoms with Crippen LogP contribution < -0.4 is 10.6 Å². The molecular weight excluding hydrogens is 276 g/mol. The van der Waals surface area contributed by atoms with Crippen LogP contribution in [0.5, 0.6) is 5.75 Å². The number of anilines is 3. The Hall–Kier alpha value is -2.30. The van der Waals surface area contributed by atoms with Gasteiger partial charge >= 0.3 is 0 Å². The maximum Gasteiger partial charge on any atom is 0.225 e. The summed E-state index contributed by atoms with van der Waals surface area (Å²) < 4.78 is 0. The lowest BCUT2D eigenvalue weighted by molar-refractivity contribution is 0.475. The Morgan fingerprint density at radius 3 is 2.77 bits per heavy atom. The van der Waals surface area contributed by atoms with Crippen molar-refractivity contribution in [1.82, 2.24) is 9.97 Å². The standard InChI is InChI=1S/C17H22N4O/c1-3-11(2)18-17-20-15(12-7-8-12)10-16(21-17)19-13-5-4-6-14(22)9-13/h4-6,9-12,22H,3,7-8H2,1-2H3,(H2,18,19,20,21)/t11-/m1/s1. The van der Waals surface area contributed by atoms with E-state index in [0.717, 1.165) is 23.6 Å². The van der Waals surface area contributed by atoms with E-state index in [-0.39, 0.29) is 5.75 Å². The van der Waals surface area contributed by atoms with E-state index in [2.05, 4.69) is 34.4 Å². The highest BCUT2D eigenvalue weighted by atomic mass is 16.3. The largest absolute Gasteiger partial charge is 0.508 e. The Morgan fingerprint density at radius 1 is 1.27 bits per heavy atom.